The largest absolute Gasteiger partial charge is 0.391 e. The molecule has 1 aliphatic rings. The maximum absolute atomic E-state index is 13.1. The van der Waals surface area contributed by atoms with Gasteiger partial charge >= 0.3 is 6.18 Å². The van der Waals surface area contributed by atoms with Crippen LogP contribution >= 0.6 is 11.3 Å². The first-order valence-corrected chi connectivity index (χ1v) is 10.4. The van der Waals surface area contributed by atoms with E-state index in [-0.39, 0.29) is 18.7 Å². The summed E-state index contributed by atoms with van der Waals surface area (Å²) in [4.78, 5) is 18.7. The predicted octanol–water partition coefficient (Wildman–Crippen LogP) is 4.86. The topological polar surface area (TPSA) is 59.8 Å². The Hall–Kier alpha value is -2.42. The van der Waals surface area contributed by atoms with Crippen LogP contribution in [-0.2, 0) is 7.05 Å². The van der Waals surface area contributed by atoms with Crippen molar-refractivity contribution in [3.05, 3.63) is 34.8 Å². The monoisotopic (exact) mass is 422 g/mol. The molecule has 3 aromatic heterocycles. The number of nitrogens with zero attached hydrogens (tertiary/aromatic N) is 3. The number of halogens is 3. The third-order valence-corrected chi connectivity index (χ3v) is 6.35. The molecule has 0 aromatic carbocycles. The van der Waals surface area contributed by atoms with Crippen molar-refractivity contribution < 1.29 is 18.0 Å². The van der Waals surface area contributed by atoms with Crippen LogP contribution in [-0.4, -0.2) is 32.9 Å². The summed E-state index contributed by atoms with van der Waals surface area (Å²) >= 11 is 1.51. The van der Waals surface area contributed by atoms with Crippen LogP contribution in [0.5, 0.6) is 0 Å². The van der Waals surface area contributed by atoms with Crippen LogP contribution in [0.3, 0.4) is 0 Å². The molecular weight excluding hydrogens is 401 g/mol. The van der Waals surface area contributed by atoms with E-state index in [1.54, 1.807) is 24.7 Å². The second-order valence-corrected chi connectivity index (χ2v) is 8.46. The predicted molar refractivity (Wildman–Crippen MR) is 106 cm³/mol. The van der Waals surface area contributed by atoms with E-state index in [0.717, 1.165) is 4.88 Å². The molecule has 0 spiro atoms. The molecule has 0 radical (unpaired) electrons. The number of hydrogen-bond acceptors (Lipinski definition) is 4. The molecule has 3 aromatic rings. The lowest BCUT2D eigenvalue weighted by molar-refractivity contribution is -0.183. The fraction of sp³-hybridized carbons (Fsp3) is 0.450. The van der Waals surface area contributed by atoms with Gasteiger partial charge in [0.05, 0.1) is 33.1 Å². The molecule has 2 atom stereocenters. The van der Waals surface area contributed by atoms with Crippen LogP contribution in [0.15, 0.2) is 23.6 Å². The Bertz CT molecular complexity index is 1040. The number of pyridine rings is 1. The molecule has 0 aliphatic heterocycles. The normalized spacial score (nSPS) is 20.2. The standard InChI is InChI=1S/C20H21F3N4OS/c1-11-17-14(19(28)24-13-6-3-5-12(9-13)20(21,22)23)10-15(16-7-4-8-29-16)25-18(17)27(2)26-11/h4,7-8,10,12-13H,3,5-6,9H2,1-2H3,(H,24,28). The fourth-order valence-electron chi connectivity index (χ4n) is 4.06. The summed E-state index contributed by atoms with van der Waals surface area (Å²) in [5.41, 5.74) is 2.29. The van der Waals surface area contributed by atoms with Crippen molar-refractivity contribution in [1.82, 2.24) is 20.1 Å². The Labute approximate surface area is 169 Å². The summed E-state index contributed by atoms with van der Waals surface area (Å²) in [5, 5.41) is 9.77. The first-order chi connectivity index (χ1) is 13.7. The molecule has 1 fully saturated rings. The molecule has 0 saturated heterocycles. The lowest BCUT2D eigenvalue weighted by Crippen LogP contribution is -2.41. The van der Waals surface area contributed by atoms with Gasteiger partial charge in [0, 0.05) is 13.1 Å². The molecule has 154 valence electrons. The van der Waals surface area contributed by atoms with Crippen LogP contribution in [0.4, 0.5) is 13.2 Å². The van der Waals surface area contributed by atoms with E-state index < -0.39 is 18.1 Å². The van der Waals surface area contributed by atoms with Crippen molar-refractivity contribution in [1.29, 1.82) is 0 Å². The minimum absolute atomic E-state index is 0.0761. The molecule has 2 unspecified atom stereocenters. The minimum Gasteiger partial charge on any atom is -0.349 e. The van der Waals surface area contributed by atoms with Crippen LogP contribution < -0.4 is 5.32 Å². The number of nitrogens with one attached hydrogen (secondary N) is 1. The van der Waals surface area contributed by atoms with Gasteiger partial charge in [-0.3, -0.25) is 9.48 Å². The van der Waals surface area contributed by atoms with Gasteiger partial charge in [-0.1, -0.05) is 12.5 Å². The Balaban J connectivity index is 1.68. The quantitative estimate of drug-likeness (QED) is 0.656. The van der Waals surface area contributed by atoms with Gasteiger partial charge in [-0.15, -0.1) is 11.3 Å². The highest BCUT2D eigenvalue weighted by molar-refractivity contribution is 7.13. The number of carbonyl (C=O) groups is 1. The van der Waals surface area contributed by atoms with Crippen molar-refractivity contribution >= 4 is 28.3 Å². The molecule has 3 heterocycles. The van der Waals surface area contributed by atoms with E-state index in [9.17, 15) is 18.0 Å². The first kappa shape index (κ1) is 19.9. The number of rotatable bonds is 3. The molecule has 29 heavy (non-hydrogen) atoms. The highest BCUT2D eigenvalue weighted by atomic mass is 32.1. The summed E-state index contributed by atoms with van der Waals surface area (Å²) in [6, 6.07) is 5.04. The molecule has 1 N–H and O–H groups in total. The van der Waals surface area contributed by atoms with E-state index in [0.29, 0.717) is 40.8 Å². The number of alkyl halides is 3. The maximum Gasteiger partial charge on any atom is 0.391 e. The number of thiophene rings is 1. The molecule has 1 aliphatic carbocycles. The van der Waals surface area contributed by atoms with E-state index in [1.165, 1.54) is 11.3 Å². The third kappa shape index (κ3) is 3.88. The van der Waals surface area contributed by atoms with Crippen molar-refractivity contribution in [2.45, 2.75) is 44.8 Å². The van der Waals surface area contributed by atoms with Gasteiger partial charge in [0.2, 0.25) is 0 Å². The minimum atomic E-state index is -4.22. The Kier molecular flexibility index (Phi) is 5.10. The Morgan fingerprint density at radius 3 is 2.83 bits per heavy atom. The van der Waals surface area contributed by atoms with E-state index in [1.807, 2.05) is 17.5 Å². The maximum atomic E-state index is 13.1. The van der Waals surface area contributed by atoms with Gasteiger partial charge in [0.1, 0.15) is 0 Å². The molecule has 1 amide bonds. The summed E-state index contributed by atoms with van der Waals surface area (Å²) in [6.07, 6.45) is -3.17. The number of fused-ring (bicyclic) bond motifs is 1. The number of carbonyl (C=O) groups excluding carboxylic acids is 1. The number of amides is 1. The smallest absolute Gasteiger partial charge is 0.349 e. The molecule has 0 bridgehead atoms. The number of aromatic nitrogens is 3. The average Bonchev–Trinajstić information content (AvgIpc) is 3.29. The van der Waals surface area contributed by atoms with Crippen LogP contribution in [0.2, 0.25) is 0 Å². The van der Waals surface area contributed by atoms with Crippen molar-refractivity contribution in [2.75, 3.05) is 0 Å². The lowest BCUT2D eigenvalue weighted by atomic mass is 9.85. The van der Waals surface area contributed by atoms with Gasteiger partial charge in [0.25, 0.3) is 5.91 Å². The highest BCUT2D eigenvalue weighted by Gasteiger charge is 2.42. The first-order valence-electron chi connectivity index (χ1n) is 9.50. The molecule has 1 saturated carbocycles. The third-order valence-electron chi connectivity index (χ3n) is 5.46. The van der Waals surface area contributed by atoms with Crippen molar-refractivity contribution in [3.63, 3.8) is 0 Å². The van der Waals surface area contributed by atoms with Crippen LogP contribution in [0.1, 0.15) is 41.7 Å². The highest BCUT2D eigenvalue weighted by Crippen LogP contribution is 2.38. The summed E-state index contributed by atoms with van der Waals surface area (Å²) in [6.45, 7) is 1.80. The van der Waals surface area contributed by atoms with E-state index >= 15 is 0 Å². The summed E-state index contributed by atoms with van der Waals surface area (Å²) in [5.74, 6) is -1.74. The lowest BCUT2D eigenvalue weighted by Gasteiger charge is -2.31. The number of aryl methyl sites for hydroxylation is 2. The Morgan fingerprint density at radius 1 is 1.34 bits per heavy atom. The zero-order valence-corrected chi connectivity index (χ0v) is 16.9. The molecule has 5 nitrogen and oxygen atoms in total. The van der Waals surface area contributed by atoms with Crippen molar-refractivity contribution in [2.24, 2.45) is 13.0 Å². The van der Waals surface area contributed by atoms with E-state index in [2.05, 4.69) is 15.4 Å². The molecular formula is C20H21F3N4OS. The van der Waals surface area contributed by atoms with Gasteiger partial charge in [-0.25, -0.2) is 4.98 Å². The zero-order chi connectivity index (χ0) is 20.8. The SMILES string of the molecule is Cc1nn(C)c2nc(-c3cccs3)cc(C(=O)NC3CCCC(C(F)(F)F)C3)c12. The molecule has 9 heteroatoms. The van der Waals surface area contributed by atoms with Crippen LogP contribution in [0, 0.1) is 12.8 Å². The van der Waals surface area contributed by atoms with Crippen LogP contribution in [0.25, 0.3) is 21.6 Å². The Morgan fingerprint density at radius 2 is 2.14 bits per heavy atom. The molecule has 4 rings (SSSR count). The van der Waals surface area contributed by atoms with Crippen molar-refractivity contribution in [3.8, 4) is 10.6 Å². The second-order valence-electron chi connectivity index (χ2n) is 7.52. The summed E-state index contributed by atoms with van der Waals surface area (Å²) < 4.78 is 41.0. The van der Waals surface area contributed by atoms with Gasteiger partial charge < -0.3 is 5.32 Å². The van der Waals surface area contributed by atoms with Gasteiger partial charge in [0.15, 0.2) is 5.65 Å². The number of hydrogen-bond donors (Lipinski definition) is 1. The van der Waals surface area contributed by atoms with Gasteiger partial charge in [-0.2, -0.15) is 18.3 Å². The summed E-state index contributed by atoms with van der Waals surface area (Å²) in [7, 11) is 1.76. The van der Waals surface area contributed by atoms with E-state index in [4.69, 9.17) is 0 Å². The average molecular weight is 422 g/mol. The second kappa shape index (κ2) is 7.44. The fourth-order valence-corrected chi connectivity index (χ4v) is 4.74. The zero-order valence-electron chi connectivity index (χ0n) is 16.1. The van der Waals surface area contributed by atoms with Gasteiger partial charge in [-0.05, 0) is 43.7 Å².